The molecule has 4 rings (SSSR count). The zero-order valence-electron chi connectivity index (χ0n) is 14.8. The van der Waals surface area contributed by atoms with Crippen molar-refractivity contribution in [3.8, 4) is 0 Å². The van der Waals surface area contributed by atoms with Gasteiger partial charge in [0.2, 0.25) is 5.95 Å². The number of anilines is 1. The van der Waals surface area contributed by atoms with Gasteiger partial charge in [0.1, 0.15) is 0 Å². The van der Waals surface area contributed by atoms with Gasteiger partial charge in [0.15, 0.2) is 0 Å². The fraction of sp³-hybridized carbons (Fsp3) is 0.400. The topological polar surface area (TPSA) is 87.8 Å². The van der Waals surface area contributed by atoms with E-state index in [1.54, 1.807) is 0 Å². The summed E-state index contributed by atoms with van der Waals surface area (Å²) in [4.78, 5) is 12.2. The zero-order chi connectivity index (χ0) is 17.6. The maximum absolute atomic E-state index is 10.9. The van der Waals surface area contributed by atoms with Crippen molar-refractivity contribution in [1.29, 1.82) is 0 Å². The van der Waals surface area contributed by atoms with Gasteiger partial charge in [0.25, 0.3) is 0 Å². The lowest BCUT2D eigenvalue weighted by atomic mass is 9.87. The number of nitrogens with two attached hydrogens (primary N) is 1. The predicted molar refractivity (Wildman–Crippen MR) is 99.4 cm³/mol. The third kappa shape index (κ3) is 2.59. The Balaban J connectivity index is 1.86. The standard InChI is InChI=1S/C20H24N4O/c1-3-20(25,4-2)13-6-8-17-14(9-13)15-10-18-12(5-7-16(15)23-17)11-22-19(21)24-18/h6,8-9,11,23,25H,3-5,7,10H2,1-2H3,(H2,21,22,24). The van der Waals surface area contributed by atoms with Crippen LogP contribution in [0.4, 0.5) is 5.95 Å². The Morgan fingerprint density at radius 1 is 1.24 bits per heavy atom. The van der Waals surface area contributed by atoms with Gasteiger partial charge in [-0.2, -0.15) is 0 Å². The van der Waals surface area contributed by atoms with E-state index in [9.17, 15) is 5.11 Å². The Morgan fingerprint density at radius 3 is 2.80 bits per heavy atom. The van der Waals surface area contributed by atoms with Crippen LogP contribution in [0.5, 0.6) is 0 Å². The van der Waals surface area contributed by atoms with Crippen LogP contribution >= 0.6 is 0 Å². The highest BCUT2D eigenvalue weighted by Crippen LogP contribution is 2.35. The van der Waals surface area contributed by atoms with Crippen LogP contribution in [-0.2, 0) is 24.9 Å². The lowest BCUT2D eigenvalue weighted by Gasteiger charge is -2.26. The number of aryl methyl sites for hydroxylation is 2. The molecule has 1 aliphatic rings. The van der Waals surface area contributed by atoms with Crippen molar-refractivity contribution >= 4 is 16.9 Å². The number of hydrogen-bond donors (Lipinski definition) is 3. The Kier molecular flexibility index (Phi) is 3.76. The number of fused-ring (bicyclic) bond motifs is 4. The van der Waals surface area contributed by atoms with Gasteiger partial charge in [0, 0.05) is 29.2 Å². The van der Waals surface area contributed by atoms with Crippen LogP contribution in [0, 0.1) is 0 Å². The second-order valence-corrected chi connectivity index (χ2v) is 6.96. The molecule has 25 heavy (non-hydrogen) atoms. The number of H-pyrrole nitrogens is 1. The second-order valence-electron chi connectivity index (χ2n) is 6.96. The number of aromatic nitrogens is 3. The molecule has 1 aliphatic carbocycles. The minimum Gasteiger partial charge on any atom is -0.385 e. The van der Waals surface area contributed by atoms with E-state index < -0.39 is 5.60 Å². The molecule has 3 aromatic rings. The van der Waals surface area contributed by atoms with E-state index in [2.05, 4.69) is 27.1 Å². The smallest absolute Gasteiger partial charge is 0.220 e. The van der Waals surface area contributed by atoms with Gasteiger partial charge in [-0.05, 0) is 54.5 Å². The van der Waals surface area contributed by atoms with Gasteiger partial charge in [-0.25, -0.2) is 9.97 Å². The maximum atomic E-state index is 10.9. The number of benzene rings is 1. The molecule has 0 spiro atoms. The molecule has 1 aromatic carbocycles. The third-order valence-electron chi connectivity index (χ3n) is 5.66. The molecule has 0 bridgehead atoms. The number of nitrogen functional groups attached to an aromatic ring is 1. The van der Waals surface area contributed by atoms with Crippen molar-refractivity contribution in [2.24, 2.45) is 0 Å². The number of aliphatic hydroxyl groups is 1. The number of nitrogens with one attached hydrogen (secondary N) is 1. The van der Waals surface area contributed by atoms with Crippen LogP contribution in [0.1, 0.15) is 54.8 Å². The number of rotatable bonds is 3. The highest BCUT2D eigenvalue weighted by atomic mass is 16.3. The van der Waals surface area contributed by atoms with Gasteiger partial charge in [0.05, 0.1) is 11.3 Å². The number of hydrogen-bond acceptors (Lipinski definition) is 4. The van der Waals surface area contributed by atoms with Crippen molar-refractivity contribution in [2.45, 2.75) is 51.6 Å². The highest BCUT2D eigenvalue weighted by molar-refractivity contribution is 5.86. The van der Waals surface area contributed by atoms with E-state index >= 15 is 0 Å². The summed E-state index contributed by atoms with van der Waals surface area (Å²) in [5.41, 5.74) is 11.8. The lowest BCUT2D eigenvalue weighted by molar-refractivity contribution is 0.0285. The van der Waals surface area contributed by atoms with Crippen LogP contribution < -0.4 is 5.73 Å². The first kappa shape index (κ1) is 16.1. The first-order valence-electron chi connectivity index (χ1n) is 9.00. The van der Waals surface area contributed by atoms with E-state index in [1.165, 1.54) is 22.2 Å². The fourth-order valence-electron chi connectivity index (χ4n) is 3.91. The SMILES string of the molecule is CCC(O)(CC)c1ccc2[nH]c3c(c2c1)Cc1nc(N)ncc1CC3. The molecule has 0 fully saturated rings. The van der Waals surface area contributed by atoms with E-state index in [0.29, 0.717) is 18.8 Å². The zero-order valence-corrected chi connectivity index (χ0v) is 14.8. The Bertz CT molecular complexity index is 940. The van der Waals surface area contributed by atoms with Gasteiger partial charge >= 0.3 is 0 Å². The second kappa shape index (κ2) is 5.85. The van der Waals surface area contributed by atoms with Crippen molar-refractivity contribution < 1.29 is 5.11 Å². The van der Waals surface area contributed by atoms with Crippen molar-refractivity contribution in [2.75, 3.05) is 5.73 Å². The number of aromatic amines is 1. The summed E-state index contributed by atoms with van der Waals surface area (Å²) >= 11 is 0. The molecule has 4 N–H and O–H groups in total. The molecule has 0 aliphatic heterocycles. The molecule has 130 valence electrons. The van der Waals surface area contributed by atoms with Crippen LogP contribution in [0.15, 0.2) is 24.4 Å². The molecule has 2 aromatic heterocycles. The van der Waals surface area contributed by atoms with Crippen molar-refractivity contribution in [3.63, 3.8) is 0 Å². The fourth-order valence-corrected chi connectivity index (χ4v) is 3.91. The number of nitrogens with zero attached hydrogens (tertiary/aromatic N) is 2. The van der Waals surface area contributed by atoms with Crippen LogP contribution in [0.2, 0.25) is 0 Å². The minimum absolute atomic E-state index is 0.328. The Morgan fingerprint density at radius 2 is 2.04 bits per heavy atom. The molecule has 0 radical (unpaired) electrons. The molecular formula is C20H24N4O. The van der Waals surface area contributed by atoms with Gasteiger partial charge in [-0.15, -0.1) is 0 Å². The average molecular weight is 336 g/mol. The molecular weight excluding hydrogens is 312 g/mol. The van der Waals surface area contributed by atoms with Gasteiger partial charge in [-0.1, -0.05) is 19.9 Å². The van der Waals surface area contributed by atoms with Gasteiger partial charge in [-0.3, -0.25) is 0 Å². The summed E-state index contributed by atoms with van der Waals surface area (Å²) in [7, 11) is 0. The van der Waals surface area contributed by atoms with Crippen molar-refractivity contribution in [1.82, 2.24) is 15.0 Å². The molecule has 0 saturated carbocycles. The average Bonchev–Trinajstić information content (AvgIpc) is 2.87. The van der Waals surface area contributed by atoms with E-state index in [0.717, 1.165) is 36.0 Å². The third-order valence-corrected chi connectivity index (χ3v) is 5.66. The predicted octanol–water partition coefficient (Wildman–Crippen LogP) is 3.24. The van der Waals surface area contributed by atoms with Crippen LogP contribution in [-0.4, -0.2) is 20.1 Å². The molecule has 2 heterocycles. The largest absolute Gasteiger partial charge is 0.385 e. The summed E-state index contributed by atoms with van der Waals surface area (Å²) in [5.74, 6) is 0.328. The summed E-state index contributed by atoms with van der Waals surface area (Å²) < 4.78 is 0. The van der Waals surface area contributed by atoms with Crippen molar-refractivity contribution in [3.05, 3.63) is 52.5 Å². The van der Waals surface area contributed by atoms with Crippen LogP contribution in [0.3, 0.4) is 0 Å². The quantitative estimate of drug-likeness (QED) is 0.685. The Hall–Kier alpha value is -2.40. The summed E-state index contributed by atoms with van der Waals surface area (Å²) in [5, 5.41) is 12.1. The molecule has 0 atom stereocenters. The first-order valence-corrected chi connectivity index (χ1v) is 9.00. The van der Waals surface area contributed by atoms with E-state index in [-0.39, 0.29) is 0 Å². The summed E-state index contributed by atoms with van der Waals surface area (Å²) in [6.45, 7) is 4.06. The van der Waals surface area contributed by atoms with Gasteiger partial charge < -0.3 is 15.8 Å². The Labute approximate surface area is 147 Å². The minimum atomic E-state index is -0.770. The maximum Gasteiger partial charge on any atom is 0.220 e. The monoisotopic (exact) mass is 336 g/mol. The van der Waals surface area contributed by atoms with E-state index in [1.807, 2.05) is 26.1 Å². The summed E-state index contributed by atoms with van der Waals surface area (Å²) in [6, 6.07) is 6.28. The summed E-state index contributed by atoms with van der Waals surface area (Å²) in [6.07, 6.45) is 5.85. The van der Waals surface area contributed by atoms with Crippen LogP contribution in [0.25, 0.3) is 10.9 Å². The molecule has 5 heteroatoms. The highest BCUT2D eigenvalue weighted by Gasteiger charge is 2.26. The molecule has 5 nitrogen and oxygen atoms in total. The first-order chi connectivity index (χ1) is 12.0. The molecule has 0 amide bonds. The normalized spacial score (nSPS) is 14.2. The lowest BCUT2D eigenvalue weighted by Crippen LogP contribution is -2.23. The molecule has 0 unspecified atom stereocenters. The van der Waals surface area contributed by atoms with E-state index in [4.69, 9.17) is 5.73 Å². The molecule has 0 saturated heterocycles.